The Morgan fingerprint density at radius 2 is 2.10 bits per heavy atom. The van der Waals surface area contributed by atoms with Crippen molar-refractivity contribution in [1.82, 2.24) is 10.6 Å². The molecule has 0 spiro atoms. The lowest BCUT2D eigenvalue weighted by Crippen LogP contribution is -2.55. The van der Waals surface area contributed by atoms with Crippen molar-refractivity contribution in [3.05, 3.63) is 11.6 Å². The summed E-state index contributed by atoms with van der Waals surface area (Å²) in [5.74, 6) is -1.40. The molecule has 0 unspecified atom stereocenters. The molecule has 0 aromatic heterocycles. The van der Waals surface area contributed by atoms with Gasteiger partial charge in [-0.2, -0.15) is 0 Å². The van der Waals surface area contributed by atoms with Gasteiger partial charge < -0.3 is 21.1 Å². The number of esters is 1. The van der Waals surface area contributed by atoms with Crippen LogP contribution in [-0.2, 0) is 19.1 Å². The van der Waals surface area contributed by atoms with E-state index in [9.17, 15) is 14.4 Å². The summed E-state index contributed by atoms with van der Waals surface area (Å²) >= 11 is 0. The predicted molar refractivity (Wildman–Crippen MR) is 77.2 cm³/mol. The Morgan fingerprint density at radius 1 is 1.43 bits per heavy atom. The molecule has 1 aliphatic carbocycles. The number of methoxy groups -OCH3 is 1. The van der Waals surface area contributed by atoms with Crippen molar-refractivity contribution in [3.8, 4) is 0 Å². The molecule has 0 aliphatic heterocycles. The van der Waals surface area contributed by atoms with Gasteiger partial charge in [0.1, 0.15) is 6.54 Å². The Morgan fingerprint density at radius 3 is 2.62 bits per heavy atom. The second-order valence-corrected chi connectivity index (χ2v) is 5.12. The molecule has 0 fully saturated rings. The molecule has 0 aromatic rings. The molecule has 0 bridgehead atoms. The Labute approximate surface area is 124 Å². The SMILES string of the molecule is CCCCC1=C[C@]1(NC(=O)[C@H](C)N)C(=O)NCC(=O)OC. The Hall–Kier alpha value is -1.89. The van der Waals surface area contributed by atoms with Crippen molar-refractivity contribution in [2.24, 2.45) is 5.73 Å². The molecule has 4 N–H and O–H groups in total. The fourth-order valence-electron chi connectivity index (χ4n) is 1.92. The van der Waals surface area contributed by atoms with E-state index < -0.39 is 29.4 Å². The molecule has 118 valence electrons. The minimum absolute atomic E-state index is 0.236. The summed E-state index contributed by atoms with van der Waals surface area (Å²) in [4.78, 5) is 35.1. The first kappa shape index (κ1) is 17.2. The number of nitrogens with one attached hydrogen (secondary N) is 2. The van der Waals surface area contributed by atoms with Gasteiger partial charge in [0.15, 0.2) is 5.54 Å². The van der Waals surface area contributed by atoms with E-state index in [-0.39, 0.29) is 6.54 Å². The molecule has 7 nitrogen and oxygen atoms in total. The minimum atomic E-state index is -1.13. The highest BCUT2D eigenvalue weighted by Gasteiger charge is 2.51. The number of carbonyl (C=O) groups excluding carboxylic acids is 3. The highest BCUT2D eigenvalue weighted by molar-refractivity contribution is 6.03. The molecule has 7 heteroatoms. The molecule has 0 radical (unpaired) electrons. The van der Waals surface area contributed by atoms with Crippen LogP contribution in [0.2, 0.25) is 0 Å². The van der Waals surface area contributed by atoms with Gasteiger partial charge >= 0.3 is 5.97 Å². The Kier molecular flexibility index (Phi) is 5.90. The van der Waals surface area contributed by atoms with Crippen LogP contribution in [0.5, 0.6) is 0 Å². The van der Waals surface area contributed by atoms with Gasteiger partial charge in [-0.15, -0.1) is 0 Å². The molecule has 2 atom stereocenters. The second kappa shape index (κ2) is 7.21. The average Bonchev–Trinajstić information content (AvgIpc) is 3.16. The molecule has 1 aliphatic rings. The van der Waals surface area contributed by atoms with E-state index in [0.717, 1.165) is 24.8 Å². The molecule has 0 heterocycles. The van der Waals surface area contributed by atoms with E-state index in [1.807, 2.05) is 6.92 Å². The van der Waals surface area contributed by atoms with Crippen molar-refractivity contribution in [3.63, 3.8) is 0 Å². The number of amides is 2. The largest absolute Gasteiger partial charge is 0.468 e. The van der Waals surface area contributed by atoms with Crippen LogP contribution in [-0.4, -0.2) is 43.0 Å². The maximum atomic E-state index is 12.3. The summed E-state index contributed by atoms with van der Waals surface area (Å²) in [6.45, 7) is 3.35. The number of hydrogen-bond donors (Lipinski definition) is 3. The summed E-state index contributed by atoms with van der Waals surface area (Å²) < 4.78 is 4.47. The van der Waals surface area contributed by atoms with Crippen molar-refractivity contribution in [1.29, 1.82) is 0 Å². The van der Waals surface area contributed by atoms with Gasteiger partial charge in [-0.3, -0.25) is 14.4 Å². The van der Waals surface area contributed by atoms with Crippen LogP contribution in [0.1, 0.15) is 33.1 Å². The molecule has 0 aromatic carbocycles. The third kappa shape index (κ3) is 4.29. The lowest BCUT2D eigenvalue weighted by atomic mass is 10.1. The topological polar surface area (TPSA) is 111 Å². The summed E-state index contributed by atoms with van der Waals surface area (Å²) in [6.07, 6.45) is 4.33. The molecular weight excluding hydrogens is 274 g/mol. The fourth-order valence-corrected chi connectivity index (χ4v) is 1.92. The van der Waals surface area contributed by atoms with E-state index in [1.165, 1.54) is 7.11 Å². The molecule has 0 saturated carbocycles. The molecule has 1 rings (SSSR count). The van der Waals surface area contributed by atoms with Crippen molar-refractivity contribution in [2.75, 3.05) is 13.7 Å². The van der Waals surface area contributed by atoms with Crippen LogP contribution in [0.4, 0.5) is 0 Å². The minimum Gasteiger partial charge on any atom is -0.468 e. The molecule has 2 amide bonds. The molecule has 0 saturated heterocycles. The monoisotopic (exact) mass is 297 g/mol. The van der Waals surface area contributed by atoms with Gasteiger partial charge in [0.05, 0.1) is 13.2 Å². The summed E-state index contributed by atoms with van der Waals surface area (Å²) in [5, 5.41) is 5.11. The van der Waals surface area contributed by atoms with Crippen LogP contribution in [0, 0.1) is 0 Å². The van der Waals surface area contributed by atoms with Crippen molar-refractivity contribution >= 4 is 17.8 Å². The maximum Gasteiger partial charge on any atom is 0.325 e. The van der Waals surface area contributed by atoms with Crippen LogP contribution in [0.3, 0.4) is 0 Å². The number of carbonyl (C=O) groups is 3. The lowest BCUT2D eigenvalue weighted by molar-refractivity contribution is -0.141. The molecule has 21 heavy (non-hydrogen) atoms. The zero-order valence-electron chi connectivity index (χ0n) is 12.7. The third-order valence-corrected chi connectivity index (χ3v) is 3.33. The summed E-state index contributed by atoms with van der Waals surface area (Å²) in [5.41, 5.74) is 5.24. The maximum absolute atomic E-state index is 12.3. The number of hydrogen-bond acceptors (Lipinski definition) is 5. The van der Waals surface area contributed by atoms with Gasteiger partial charge in [0, 0.05) is 0 Å². The smallest absolute Gasteiger partial charge is 0.325 e. The quantitative estimate of drug-likeness (QED) is 0.417. The first-order chi connectivity index (χ1) is 9.87. The number of rotatable bonds is 8. The van der Waals surface area contributed by atoms with E-state index >= 15 is 0 Å². The Balaban J connectivity index is 2.68. The van der Waals surface area contributed by atoms with Gasteiger partial charge in [0.25, 0.3) is 5.91 Å². The fraction of sp³-hybridized carbons (Fsp3) is 0.643. The van der Waals surface area contributed by atoms with Crippen molar-refractivity contribution < 1.29 is 19.1 Å². The lowest BCUT2D eigenvalue weighted by Gasteiger charge is -2.21. The van der Waals surface area contributed by atoms with Gasteiger partial charge in [-0.1, -0.05) is 13.3 Å². The number of ether oxygens (including phenoxy) is 1. The van der Waals surface area contributed by atoms with Gasteiger partial charge in [-0.25, -0.2) is 0 Å². The summed E-state index contributed by atoms with van der Waals surface area (Å²) in [6, 6.07) is -0.711. The number of nitrogens with two attached hydrogens (primary N) is 1. The zero-order chi connectivity index (χ0) is 16.0. The van der Waals surface area contributed by atoms with Crippen molar-refractivity contribution in [2.45, 2.75) is 44.7 Å². The van der Waals surface area contributed by atoms with Crippen LogP contribution < -0.4 is 16.4 Å². The first-order valence-electron chi connectivity index (χ1n) is 7.02. The zero-order valence-corrected chi connectivity index (χ0v) is 12.7. The Bertz CT molecular complexity index is 459. The van der Waals surface area contributed by atoms with E-state index in [1.54, 1.807) is 13.0 Å². The standard InChI is InChI=1S/C14H23N3O4/c1-4-5-6-10-7-14(10,17-12(19)9(2)15)13(20)16-8-11(18)21-3/h7,9H,4-6,8,15H2,1-3H3,(H,16,20)(H,17,19)/t9-,14+/m0/s1. The second-order valence-electron chi connectivity index (χ2n) is 5.12. The van der Waals surface area contributed by atoms with E-state index in [0.29, 0.717) is 0 Å². The first-order valence-corrected chi connectivity index (χ1v) is 7.02. The predicted octanol–water partition coefficient (Wildman–Crippen LogP) is -0.392. The highest BCUT2D eigenvalue weighted by Crippen LogP contribution is 2.38. The third-order valence-electron chi connectivity index (χ3n) is 3.33. The van der Waals surface area contributed by atoms with Gasteiger partial charge in [-0.05, 0) is 31.4 Å². The van der Waals surface area contributed by atoms with Gasteiger partial charge in [0.2, 0.25) is 5.91 Å². The number of unbranched alkanes of at least 4 members (excludes halogenated alkanes) is 1. The highest BCUT2D eigenvalue weighted by atomic mass is 16.5. The average molecular weight is 297 g/mol. The van der Waals surface area contributed by atoms with E-state index in [2.05, 4.69) is 15.4 Å². The van der Waals surface area contributed by atoms with Crippen LogP contribution in [0.25, 0.3) is 0 Å². The normalized spacial score (nSPS) is 21.0. The van der Waals surface area contributed by atoms with Crippen LogP contribution in [0.15, 0.2) is 11.6 Å². The van der Waals surface area contributed by atoms with Crippen LogP contribution >= 0.6 is 0 Å². The molecular formula is C14H23N3O4. The van der Waals surface area contributed by atoms with E-state index in [4.69, 9.17) is 5.73 Å². The summed E-state index contributed by atoms with van der Waals surface area (Å²) in [7, 11) is 1.24.